The van der Waals surface area contributed by atoms with Crippen molar-refractivity contribution in [2.75, 3.05) is 34.5 Å². The van der Waals surface area contributed by atoms with Gasteiger partial charge in [-0.3, -0.25) is 4.79 Å². The van der Waals surface area contributed by atoms with E-state index in [1.807, 2.05) is 0 Å². The molecule has 0 aliphatic rings. The Kier molecular flexibility index (Phi) is 6.83. The van der Waals surface area contributed by atoms with Gasteiger partial charge in [-0.1, -0.05) is 0 Å². The van der Waals surface area contributed by atoms with Crippen LogP contribution in [0.15, 0.2) is 18.2 Å². The maximum atomic E-state index is 11.4. The van der Waals surface area contributed by atoms with Crippen molar-refractivity contribution in [3.05, 3.63) is 23.8 Å². The molecular weight excluding hydrogens is 262 g/mol. The molecule has 0 aliphatic heterocycles. The fraction of sp³-hybridized carbons (Fsp3) is 0.500. The maximum absolute atomic E-state index is 11.4. The van der Waals surface area contributed by atoms with Crippen molar-refractivity contribution in [1.29, 1.82) is 0 Å². The summed E-state index contributed by atoms with van der Waals surface area (Å²) in [5, 5.41) is 12.4. The van der Waals surface area contributed by atoms with Gasteiger partial charge < -0.3 is 24.6 Å². The van der Waals surface area contributed by atoms with E-state index in [9.17, 15) is 9.90 Å². The number of benzene rings is 1. The van der Waals surface area contributed by atoms with Crippen molar-refractivity contribution in [3.8, 4) is 11.5 Å². The monoisotopic (exact) mass is 283 g/mol. The summed E-state index contributed by atoms with van der Waals surface area (Å²) in [6.07, 6.45) is 0.729. The topological polar surface area (TPSA) is 77.0 Å². The minimum Gasteiger partial charge on any atom is -0.497 e. The number of nitrogens with one attached hydrogen (secondary N) is 1. The van der Waals surface area contributed by atoms with Gasteiger partial charge in [0.1, 0.15) is 17.5 Å². The van der Waals surface area contributed by atoms with Gasteiger partial charge in [0.25, 0.3) is 0 Å². The molecule has 1 aromatic rings. The molecule has 0 amide bonds. The molecule has 1 unspecified atom stereocenters. The molecule has 0 fully saturated rings. The Labute approximate surface area is 118 Å². The van der Waals surface area contributed by atoms with Crippen LogP contribution in [0.3, 0.4) is 0 Å². The number of hydrogen-bond donors (Lipinski definition) is 2. The summed E-state index contributed by atoms with van der Waals surface area (Å²) >= 11 is 0. The Bertz CT molecular complexity index is 436. The van der Waals surface area contributed by atoms with Gasteiger partial charge >= 0.3 is 5.97 Å². The first-order chi connectivity index (χ1) is 9.63. The quantitative estimate of drug-likeness (QED) is 0.668. The van der Waals surface area contributed by atoms with Crippen LogP contribution in [0.2, 0.25) is 0 Å². The van der Waals surface area contributed by atoms with Crippen molar-refractivity contribution in [2.45, 2.75) is 12.5 Å². The Morgan fingerprint density at radius 1 is 1.30 bits per heavy atom. The van der Waals surface area contributed by atoms with E-state index in [-0.39, 0.29) is 0 Å². The molecule has 0 saturated carbocycles. The number of ether oxygens (including phenoxy) is 3. The van der Waals surface area contributed by atoms with Crippen LogP contribution in [0, 0.1) is 0 Å². The second kappa shape index (κ2) is 8.39. The van der Waals surface area contributed by atoms with Crippen LogP contribution in [0.5, 0.6) is 11.5 Å². The third kappa shape index (κ3) is 4.40. The van der Waals surface area contributed by atoms with Gasteiger partial charge in [-0.2, -0.15) is 0 Å². The number of aliphatic carboxylic acids is 1. The average molecular weight is 283 g/mol. The zero-order valence-corrected chi connectivity index (χ0v) is 12.0. The van der Waals surface area contributed by atoms with Crippen LogP contribution >= 0.6 is 0 Å². The molecule has 6 heteroatoms. The van der Waals surface area contributed by atoms with E-state index in [2.05, 4.69) is 5.32 Å². The lowest BCUT2D eigenvalue weighted by atomic mass is 10.0. The molecule has 20 heavy (non-hydrogen) atoms. The SMILES string of the molecule is COCCCNC(C(=O)O)c1cc(OC)ccc1OC. The van der Waals surface area contributed by atoms with E-state index in [0.717, 1.165) is 6.42 Å². The summed E-state index contributed by atoms with van der Waals surface area (Å²) in [5.41, 5.74) is 0.539. The summed E-state index contributed by atoms with van der Waals surface area (Å²) < 4.78 is 15.3. The molecule has 1 aromatic carbocycles. The predicted octanol–water partition coefficient (Wildman–Crippen LogP) is 1.46. The minimum atomic E-state index is -0.964. The summed E-state index contributed by atoms with van der Waals surface area (Å²) in [7, 11) is 4.66. The van der Waals surface area contributed by atoms with E-state index in [4.69, 9.17) is 14.2 Å². The van der Waals surface area contributed by atoms with E-state index in [1.165, 1.54) is 14.2 Å². The van der Waals surface area contributed by atoms with E-state index < -0.39 is 12.0 Å². The molecule has 2 N–H and O–H groups in total. The number of methoxy groups -OCH3 is 3. The smallest absolute Gasteiger partial charge is 0.325 e. The van der Waals surface area contributed by atoms with Crippen molar-refractivity contribution >= 4 is 5.97 Å². The highest BCUT2D eigenvalue weighted by Crippen LogP contribution is 2.29. The van der Waals surface area contributed by atoms with E-state index >= 15 is 0 Å². The summed E-state index contributed by atoms with van der Waals surface area (Å²) in [6.45, 7) is 1.11. The van der Waals surface area contributed by atoms with Crippen LogP contribution in [0.1, 0.15) is 18.0 Å². The highest BCUT2D eigenvalue weighted by atomic mass is 16.5. The van der Waals surface area contributed by atoms with Gasteiger partial charge in [0.2, 0.25) is 0 Å². The van der Waals surface area contributed by atoms with Crippen LogP contribution in [0.25, 0.3) is 0 Å². The normalized spacial score (nSPS) is 11.9. The Hall–Kier alpha value is -1.79. The van der Waals surface area contributed by atoms with E-state index in [0.29, 0.717) is 30.2 Å². The largest absolute Gasteiger partial charge is 0.497 e. The number of carboxylic acid groups (broad SMARTS) is 1. The Morgan fingerprint density at radius 3 is 2.60 bits per heavy atom. The minimum absolute atomic E-state index is 0.512. The molecular formula is C14H21NO5. The van der Waals surface area contributed by atoms with Gasteiger partial charge in [0.05, 0.1) is 14.2 Å². The summed E-state index contributed by atoms with van der Waals surface area (Å²) in [4.78, 5) is 11.4. The van der Waals surface area contributed by atoms with Gasteiger partial charge in [-0.05, 0) is 31.2 Å². The third-order valence-electron chi connectivity index (χ3n) is 2.87. The molecule has 0 aliphatic carbocycles. The molecule has 112 valence electrons. The Morgan fingerprint density at radius 2 is 2.05 bits per heavy atom. The lowest BCUT2D eigenvalue weighted by Crippen LogP contribution is -2.30. The number of carbonyl (C=O) groups is 1. The molecule has 1 rings (SSSR count). The average Bonchev–Trinajstić information content (AvgIpc) is 2.46. The second-order valence-electron chi connectivity index (χ2n) is 4.18. The van der Waals surface area contributed by atoms with Crippen LogP contribution in [-0.4, -0.2) is 45.6 Å². The molecule has 0 heterocycles. The Balaban J connectivity index is 2.92. The highest BCUT2D eigenvalue weighted by Gasteiger charge is 2.23. The first-order valence-electron chi connectivity index (χ1n) is 6.31. The molecule has 0 spiro atoms. The van der Waals surface area contributed by atoms with Crippen LogP contribution < -0.4 is 14.8 Å². The first kappa shape index (κ1) is 16.3. The zero-order chi connectivity index (χ0) is 15.0. The lowest BCUT2D eigenvalue weighted by Gasteiger charge is -2.18. The van der Waals surface area contributed by atoms with Crippen LogP contribution in [0.4, 0.5) is 0 Å². The van der Waals surface area contributed by atoms with E-state index in [1.54, 1.807) is 25.3 Å². The van der Waals surface area contributed by atoms with Crippen molar-refractivity contribution in [3.63, 3.8) is 0 Å². The van der Waals surface area contributed by atoms with Gasteiger partial charge in [-0.15, -0.1) is 0 Å². The summed E-state index contributed by atoms with van der Waals surface area (Å²) in [6, 6.07) is 4.24. The fourth-order valence-corrected chi connectivity index (χ4v) is 1.86. The van der Waals surface area contributed by atoms with Crippen LogP contribution in [-0.2, 0) is 9.53 Å². The molecule has 0 radical (unpaired) electrons. The van der Waals surface area contributed by atoms with Gasteiger partial charge in [0.15, 0.2) is 0 Å². The van der Waals surface area contributed by atoms with Crippen molar-refractivity contribution in [1.82, 2.24) is 5.32 Å². The predicted molar refractivity (Wildman–Crippen MR) is 74.4 cm³/mol. The lowest BCUT2D eigenvalue weighted by molar-refractivity contribution is -0.139. The molecule has 6 nitrogen and oxygen atoms in total. The van der Waals surface area contributed by atoms with Crippen molar-refractivity contribution in [2.24, 2.45) is 0 Å². The number of hydrogen-bond acceptors (Lipinski definition) is 5. The molecule has 0 saturated heterocycles. The summed E-state index contributed by atoms with van der Waals surface area (Å²) in [5.74, 6) is 0.136. The standard InChI is InChI=1S/C14H21NO5/c1-18-8-4-7-15-13(14(16)17)11-9-10(19-2)5-6-12(11)20-3/h5-6,9,13,15H,4,7-8H2,1-3H3,(H,16,17). The number of carboxylic acids is 1. The maximum Gasteiger partial charge on any atom is 0.325 e. The van der Waals surface area contributed by atoms with Gasteiger partial charge in [0, 0.05) is 19.3 Å². The number of rotatable bonds is 9. The first-order valence-corrected chi connectivity index (χ1v) is 6.31. The highest BCUT2D eigenvalue weighted by molar-refractivity contribution is 5.77. The third-order valence-corrected chi connectivity index (χ3v) is 2.87. The second-order valence-corrected chi connectivity index (χ2v) is 4.18. The van der Waals surface area contributed by atoms with Gasteiger partial charge in [-0.25, -0.2) is 0 Å². The molecule has 1 atom stereocenters. The fourth-order valence-electron chi connectivity index (χ4n) is 1.86. The molecule has 0 aromatic heterocycles. The molecule has 0 bridgehead atoms. The van der Waals surface area contributed by atoms with Crippen molar-refractivity contribution < 1.29 is 24.1 Å². The zero-order valence-electron chi connectivity index (χ0n) is 12.0.